The zero-order valence-electron chi connectivity index (χ0n) is 21.6. The van der Waals surface area contributed by atoms with Gasteiger partial charge in [0.05, 0.1) is 29.1 Å². The van der Waals surface area contributed by atoms with Crippen molar-refractivity contribution in [2.24, 2.45) is 0 Å². The Morgan fingerprint density at radius 1 is 1.03 bits per heavy atom. The molecule has 0 saturated heterocycles. The third-order valence-corrected chi connectivity index (χ3v) is 5.86. The number of rotatable bonds is 6. The molecule has 1 heterocycles. The molecule has 0 radical (unpaired) electrons. The highest BCUT2D eigenvalue weighted by molar-refractivity contribution is 5.90. The lowest BCUT2D eigenvalue weighted by Crippen LogP contribution is -2.23. The van der Waals surface area contributed by atoms with Gasteiger partial charge in [0.2, 0.25) is 0 Å². The first kappa shape index (κ1) is 27.2. The minimum atomic E-state index is -4.66. The number of hydrogen-bond donors (Lipinski definition) is 0. The first-order valence-electron chi connectivity index (χ1n) is 12.3. The van der Waals surface area contributed by atoms with Crippen LogP contribution in [0.25, 0.3) is 5.69 Å². The summed E-state index contributed by atoms with van der Waals surface area (Å²) in [6.45, 7) is 7.14. The number of esters is 2. The molecule has 1 aliphatic carbocycles. The van der Waals surface area contributed by atoms with Crippen molar-refractivity contribution in [2.45, 2.75) is 64.8 Å². The van der Waals surface area contributed by atoms with E-state index in [-0.39, 0.29) is 35.5 Å². The van der Waals surface area contributed by atoms with Crippen molar-refractivity contribution < 1.29 is 37.0 Å². The summed E-state index contributed by atoms with van der Waals surface area (Å²) in [7, 11) is 0. The van der Waals surface area contributed by atoms with E-state index in [1.54, 1.807) is 64.1 Å². The summed E-state index contributed by atoms with van der Waals surface area (Å²) in [5, 5.41) is 3.94. The van der Waals surface area contributed by atoms with Gasteiger partial charge >= 0.3 is 18.1 Å². The molecule has 0 amide bonds. The van der Waals surface area contributed by atoms with Crippen LogP contribution in [-0.2, 0) is 22.1 Å². The summed E-state index contributed by atoms with van der Waals surface area (Å²) in [5.74, 6) is -0.681. The van der Waals surface area contributed by atoms with Gasteiger partial charge in [-0.3, -0.25) is 0 Å². The fraction of sp³-hybridized carbons (Fsp3) is 0.393. The predicted octanol–water partition coefficient (Wildman–Crippen LogP) is 6.48. The maximum absolute atomic E-state index is 14.0. The number of alkyl halides is 3. The van der Waals surface area contributed by atoms with E-state index >= 15 is 0 Å². The molecular formula is C28H29F3N2O5. The second kappa shape index (κ2) is 10.5. The minimum Gasteiger partial charge on any atom is -0.484 e. The summed E-state index contributed by atoms with van der Waals surface area (Å²) in [4.78, 5) is 24.6. The fourth-order valence-electron chi connectivity index (χ4n) is 4.33. The van der Waals surface area contributed by atoms with Crippen molar-refractivity contribution in [2.75, 3.05) is 6.61 Å². The first-order chi connectivity index (χ1) is 17.9. The zero-order valence-corrected chi connectivity index (χ0v) is 21.6. The van der Waals surface area contributed by atoms with Crippen LogP contribution in [-0.4, -0.2) is 33.9 Å². The molecule has 10 heteroatoms. The molecule has 1 aliphatic rings. The molecule has 0 aliphatic heterocycles. The van der Waals surface area contributed by atoms with E-state index < -0.39 is 35.5 Å². The van der Waals surface area contributed by atoms with Gasteiger partial charge in [-0.2, -0.15) is 18.3 Å². The van der Waals surface area contributed by atoms with Crippen LogP contribution < -0.4 is 4.74 Å². The Labute approximate surface area is 218 Å². The topological polar surface area (TPSA) is 79.7 Å². The van der Waals surface area contributed by atoms with Crippen molar-refractivity contribution in [3.05, 3.63) is 76.6 Å². The highest BCUT2D eigenvalue weighted by Gasteiger charge is 2.42. The molecule has 38 heavy (non-hydrogen) atoms. The molecule has 1 unspecified atom stereocenters. The van der Waals surface area contributed by atoms with Crippen LogP contribution in [0.5, 0.6) is 5.75 Å². The molecule has 0 fully saturated rings. The van der Waals surface area contributed by atoms with Crippen LogP contribution in [0.1, 0.15) is 84.3 Å². The SMILES string of the molecule is CCOC(=O)c1cccc(-n2nc(C(F)(F)F)c3c2C(Oc2ccc(C(=O)OC(C)(C)C)cc2)CCC3)c1. The number of benzene rings is 2. The van der Waals surface area contributed by atoms with Crippen molar-refractivity contribution in [1.29, 1.82) is 0 Å². The van der Waals surface area contributed by atoms with Gasteiger partial charge in [0.1, 0.15) is 17.5 Å². The van der Waals surface area contributed by atoms with Crippen molar-refractivity contribution in [3.8, 4) is 11.4 Å². The Balaban J connectivity index is 1.70. The monoisotopic (exact) mass is 530 g/mol. The molecule has 202 valence electrons. The molecule has 0 bridgehead atoms. The number of aromatic nitrogens is 2. The molecule has 2 aromatic carbocycles. The van der Waals surface area contributed by atoms with E-state index in [0.29, 0.717) is 24.2 Å². The Morgan fingerprint density at radius 2 is 1.74 bits per heavy atom. The summed E-state index contributed by atoms with van der Waals surface area (Å²) >= 11 is 0. The summed E-state index contributed by atoms with van der Waals surface area (Å²) in [6.07, 6.45) is -4.27. The third-order valence-electron chi connectivity index (χ3n) is 5.86. The van der Waals surface area contributed by atoms with Crippen molar-refractivity contribution >= 4 is 11.9 Å². The van der Waals surface area contributed by atoms with Gasteiger partial charge < -0.3 is 14.2 Å². The molecule has 3 aromatic rings. The van der Waals surface area contributed by atoms with Gasteiger partial charge in [0.25, 0.3) is 0 Å². The van der Waals surface area contributed by atoms with Crippen molar-refractivity contribution in [1.82, 2.24) is 9.78 Å². The Kier molecular flexibility index (Phi) is 7.53. The Hall–Kier alpha value is -3.82. The number of nitrogens with zero attached hydrogens (tertiary/aromatic N) is 2. The van der Waals surface area contributed by atoms with E-state index in [4.69, 9.17) is 14.2 Å². The first-order valence-corrected chi connectivity index (χ1v) is 12.3. The summed E-state index contributed by atoms with van der Waals surface area (Å²) in [6, 6.07) is 12.4. The normalized spacial score (nSPS) is 15.5. The van der Waals surface area contributed by atoms with Crippen LogP contribution in [0.3, 0.4) is 0 Å². The summed E-state index contributed by atoms with van der Waals surface area (Å²) in [5.41, 5.74) is -0.448. The van der Waals surface area contributed by atoms with Gasteiger partial charge in [0.15, 0.2) is 5.69 Å². The molecule has 1 atom stereocenters. The Morgan fingerprint density at radius 3 is 2.37 bits per heavy atom. The highest BCUT2D eigenvalue weighted by atomic mass is 19.4. The number of carbonyl (C=O) groups is 2. The van der Waals surface area contributed by atoms with Gasteiger partial charge in [-0.15, -0.1) is 0 Å². The van der Waals surface area contributed by atoms with E-state index in [1.807, 2.05) is 0 Å². The van der Waals surface area contributed by atoms with Gasteiger partial charge in [0, 0.05) is 5.56 Å². The number of hydrogen-bond acceptors (Lipinski definition) is 6. The fourth-order valence-corrected chi connectivity index (χ4v) is 4.33. The molecule has 0 spiro atoms. The van der Waals surface area contributed by atoms with Crippen LogP contribution >= 0.6 is 0 Å². The maximum atomic E-state index is 14.0. The molecule has 4 rings (SSSR count). The standard InChI is InChI=1S/C28H29F3N2O5/c1-5-36-25(34)18-8-6-9-19(16-18)33-23-21(24(32-33)28(29,30)31)10-7-11-22(23)37-20-14-12-17(13-15-20)26(35)38-27(2,3)4/h6,8-9,12-16,22H,5,7,10-11H2,1-4H3. The predicted molar refractivity (Wildman–Crippen MR) is 132 cm³/mol. The summed E-state index contributed by atoms with van der Waals surface area (Å²) < 4.78 is 59.7. The highest BCUT2D eigenvalue weighted by Crippen LogP contribution is 2.42. The average molecular weight is 531 g/mol. The average Bonchev–Trinajstić information content (AvgIpc) is 3.25. The lowest BCUT2D eigenvalue weighted by Gasteiger charge is -2.26. The number of carbonyl (C=O) groups excluding carboxylic acids is 2. The van der Waals surface area contributed by atoms with Gasteiger partial charge in [-0.25, -0.2) is 14.3 Å². The molecule has 0 N–H and O–H groups in total. The van der Waals surface area contributed by atoms with Crippen LogP contribution in [0, 0.1) is 0 Å². The second-order valence-electron chi connectivity index (χ2n) is 9.92. The lowest BCUT2D eigenvalue weighted by molar-refractivity contribution is -0.142. The van der Waals surface area contributed by atoms with Crippen LogP contribution in [0.15, 0.2) is 48.5 Å². The zero-order chi connectivity index (χ0) is 27.7. The molecule has 0 saturated carbocycles. The van der Waals surface area contributed by atoms with Gasteiger partial charge in [-0.05, 0) is 89.4 Å². The smallest absolute Gasteiger partial charge is 0.435 e. The largest absolute Gasteiger partial charge is 0.484 e. The van der Waals surface area contributed by atoms with E-state index in [2.05, 4.69) is 5.10 Å². The maximum Gasteiger partial charge on any atom is 0.435 e. The molecule has 1 aromatic heterocycles. The Bertz CT molecular complexity index is 1320. The second-order valence-corrected chi connectivity index (χ2v) is 9.92. The van der Waals surface area contributed by atoms with Gasteiger partial charge in [-0.1, -0.05) is 6.07 Å². The lowest BCUT2D eigenvalue weighted by atomic mass is 9.92. The number of fused-ring (bicyclic) bond motifs is 1. The van der Waals surface area contributed by atoms with Crippen molar-refractivity contribution in [3.63, 3.8) is 0 Å². The van der Waals surface area contributed by atoms with E-state index in [0.717, 1.165) is 0 Å². The third kappa shape index (κ3) is 6.00. The molecular weight excluding hydrogens is 501 g/mol. The molecule has 7 nitrogen and oxygen atoms in total. The van der Waals surface area contributed by atoms with E-state index in [9.17, 15) is 22.8 Å². The van der Waals surface area contributed by atoms with Crippen LogP contribution in [0.4, 0.5) is 13.2 Å². The number of halogens is 3. The van der Waals surface area contributed by atoms with E-state index in [1.165, 1.54) is 16.8 Å². The van der Waals surface area contributed by atoms with Crippen LogP contribution in [0.2, 0.25) is 0 Å². The number of ether oxygens (including phenoxy) is 3. The quantitative estimate of drug-likeness (QED) is 0.340. The minimum absolute atomic E-state index is 0.0701.